The number of amides is 2. The number of nitrogens with one attached hydrogen (secondary N) is 1. The molecule has 2 atom stereocenters. The van der Waals surface area contributed by atoms with Crippen LogP contribution in [0.15, 0.2) is 0 Å². The first kappa shape index (κ1) is 19.9. The van der Waals surface area contributed by atoms with Crippen molar-refractivity contribution in [2.75, 3.05) is 13.6 Å². The highest BCUT2D eigenvalue weighted by atomic mass is 32.1. The Morgan fingerprint density at radius 3 is 2.52 bits per heavy atom. The summed E-state index contributed by atoms with van der Waals surface area (Å²) in [6.45, 7) is 12.5. The highest BCUT2D eigenvalue weighted by molar-refractivity contribution is 7.11. The summed E-state index contributed by atoms with van der Waals surface area (Å²) in [5, 5.41) is 13.6. The maximum atomic E-state index is 12.4. The second-order valence-electron chi connectivity index (χ2n) is 7.07. The molecule has 0 aromatic carbocycles. The average Bonchev–Trinajstić information content (AvgIpc) is 2.83. The van der Waals surface area contributed by atoms with Gasteiger partial charge < -0.3 is 15.3 Å². The Labute approximate surface area is 144 Å². The SMILES string of the molecule is CCc1nc(C)c(C(C)N(C)C(=O)NCC(C)(C)CC(C)O)s1. The lowest BCUT2D eigenvalue weighted by atomic mass is 9.87. The third kappa shape index (κ3) is 5.77. The number of aryl methyl sites for hydroxylation is 2. The first-order valence-corrected chi connectivity index (χ1v) is 9.04. The lowest BCUT2D eigenvalue weighted by Gasteiger charge is -2.30. The second-order valence-corrected chi connectivity index (χ2v) is 8.19. The van der Waals surface area contributed by atoms with Crippen LogP contribution in [-0.4, -0.2) is 40.7 Å². The molecule has 0 fully saturated rings. The minimum atomic E-state index is -0.370. The molecule has 0 bridgehead atoms. The van der Waals surface area contributed by atoms with Crippen molar-refractivity contribution in [3.63, 3.8) is 0 Å². The van der Waals surface area contributed by atoms with E-state index in [1.807, 2.05) is 34.7 Å². The van der Waals surface area contributed by atoms with Gasteiger partial charge in [0.15, 0.2) is 0 Å². The van der Waals surface area contributed by atoms with Crippen molar-refractivity contribution in [3.8, 4) is 0 Å². The van der Waals surface area contributed by atoms with E-state index in [-0.39, 0.29) is 23.6 Å². The molecule has 0 saturated heterocycles. The maximum absolute atomic E-state index is 12.4. The summed E-state index contributed by atoms with van der Waals surface area (Å²) >= 11 is 1.68. The number of urea groups is 1. The predicted octanol–water partition coefficient (Wildman–Crippen LogP) is 3.51. The highest BCUT2D eigenvalue weighted by Crippen LogP contribution is 2.29. The number of rotatable bonds is 7. The number of nitrogens with zero attached hydrogens (tertiary/aromatic N) is 2. The molecule has 0 aliphatic carbocycles. The van der Waals surface area contributed by atoms with Gasteiger partial charge in [0.1, 0.15) is 0 Å². The fraction of sp³-hybridized carbons (Fsp3) is 0.765. The molecule has 1 heterocycles. The lowest BCUT2D eigenvalue weighted by Crippen LogP contribution is -2.43. The van der Waals surface area contributed by atoms with Crippen molar-refractivity contribution >= 4 is 17.4 Å². The van der Waals surface area contributed by atoms with Crippen LogP contribution in [0.3, 0.4) is 0 Å². The van der Waals surface area contributed by atoms with E-state index in [9.17, 15) is 9.90 Å². The summed E-state index contributed by atoms with van der Waals surface area (Å²) in [6.07, 6.45) is 1.20. The van der Waals surface area contributed by atoms with Gasteiger partial charge in [-0.05, 0) is 39.0 Å². The van der Waals surface area contributed by atoms with Gasteiger partial charge in [0.05, 0.1) is 22.8 Å². The van der Waals surface area contributed by atoms with E-state index in [0.717, 1.165) is 22.0 Å². The van der Waals surface area contributed by atoms with E-state index in [1.54, 1.807) is 23.2 Å². The second kappa shape index (κ2) is 8.11. The number of hydrogen-bond donors (Lipinski definition) is 2. The highest BCUT2D eigenvalue weighted by Gasteiger charge is 2.25. The summed E-state index contributed by atoms with van der Waals surface area (Å²) < 4.78 is 0. The van der Waals surface area contributed by atoms with Gasteiger partial charge >= 0.3 is 6.03 Å². The predicted molar refractivity (Wildman–Crippen MR) is 95.9 cm³/mol. The number of aromatic nitrogens is 1. The van der Waals surface area contributed by atoms with Crippen LogP contribution in [0.25, 0.3) is 0 Å². The van der Waals surface area contributed by atoms with Gasteiger partial charge in [-0.3, -0.25) is 0 Å². The van der Waals surface area contributed by atoms with Crippen molar-refractivity contribution in [1.82, 2.24) is 15.2 Å². The van der Waals surface area contributed by atoms with Crippen molar-refractivity contribution in [3.05, 3.63) is 15.6 Å². The maximum Gasteiger partial charge on any atom is 0.317 e. The van der Waals surface area contributed by atoms with E-state index in [1.165, 1.54) is 0 Å². The van der Waals surface area contributed by atoms with Crippen LogP contribution in [0.2, 0.25) is 0 Å². The molecule has 23 heavy (non-hydrogen) atoms. The Morgan fingerprint density at radius 2 is 2.04 bits per heavy atom. The third-order valence-corrected chi connectivity index (χ3v) is 5.50. The monoisotopic (exact) mass is 341 g/mol. The largest absolute Gasteiger partial charge is 0.393 e. The Bertz CT molecular complexity index is 526. The first-order valence-electron chi connectivity index (χ1n) is 8.22. The summed E-state index contributed by atoms with van der Waals surface area (Å²) in [7, 11) is 1.81. The lowest BCUT2D eigenvalue weighted by molar-refractivity contribution is 0.126. The minimum Gasteiger partial charge on any atom is -0.393 e. The number of aliphatic hydroxyl groups is 1. The van der Waals surface area contributed by atoms with Crippen molar-refractivity contribution in [1.29, 1.82) is 0 Å². The summed E-state index contributed by atoms with van der Waals surface area (Å²) in [6, 6.07) is -0.102. The summed E-state index contributed by atoms with van der Waals surface area (Å²) in [5.74, 6) is 0. The number of thiazole rings is 1. The number of aliphatic hydroxyl groups excluding tert-OH is 1. The Balaban J connectivity index is 2.67. The Hall–Kier alpha value is -1.14. The third-order valence-electron chi connectivity index (χ3n) is 4.03. The molecule has 2 amide bonds. The quantitative estimate of drug-likeness (QED) is 0.797. The molecule has 0 radical (unpaired) electrons. The van der Waals surface area contributed by atoms with Gasteiger partial charge in [-0.2, -0.15) is 0 Å². The van der Waals surface area contributed by atoms with Gasteiger partial charge in [0.25, 0.3) is 0 Å². The first-order chi connectivity index (χ1) is 10.6. The number of carbonyl (C=O) groups excluding carboxylic acids is 1. The molecule has 0 spiro atoms. The fourth-order valence-corrected chi connectivity index (χ4v) is 3.77. The standard InChI is InChI=1S/C17H31N3O2S/c1-8-14-19-12(3)15(23-14)13(4)20(7)16(22)18-10-17(5,6)9-11(2)21/h11,13,21H,8-10H2,1-7H3,(H,18,22). The van der Waals surface area contributed by atoms with Gasteiger partial charge in [0.2, 0.25) is 0 Å². The van der Waals surface area contributed by atoms with E-state index >= 15 is 0 Å². The van der Waals surface area contributed by atoms with Gasteiger partial charge in [-0.25, -0.2) is 9.78 Å². The van der Waals surface area contributed by atoms with Gasteiger partial charge in [0, 0.05) is 18.5 Å². The van der Waals surface area contributed by atoms with Crippen LogP contribution < -0.4 is 5.32 Å². The average molecular weight is 342 g/mol. The smallest absolute Gasteiger partial charge is 0.317 e. The molecule has 1 aromatic heterocycles. The number of hydrogen-bond acceptors (Lipinski definition) is 4. The fourth-order valence-electron chi connectivity index (χ4n) is 2.67. The van der Waals surface area contributed by atoms with Crippen LogP contribution in [0.1, 0.15) is 62.7 Å². The zero-order valence-corrected chi connectivity index (χ0v) is 16.3. The van der Waals surface area contributed by atoms with Crippen LogP contribution in [0.4, 0.5) is 4.79 Å². The van der Waals surface area contributed by atoms with Crippen molar-refractivity contribution < 1.29 is 9.90 Å². The number of carbonyl (C=O) groups is 1. The van der Waals surface area contributed by atoms with E-state index in [0.29, 0.717) is 13.0 Å². The molecule has 0 aliphatic rings. The summed E-state index contributed by atoms with van der Waals surface area (Å²) in [5.41, 5.74) is 0.873. The topological polar surface area (TPSA) is 65.5 Å². The van der Waals surface area contributed by atoms with Crippen molar-refractivity contribution in [2.24, 2.45) is 5.41 Å². The van der Waals surface area contributed by atoms with Gasteiger partial charge in [-0.15, -0.1) is 11.3 Å². The van der Waals surface area contributed by atoms with Crippen LogP contribution in [0.5, 0.6) is 0 Å². The molecule has 0 aliphatic heterocycles. The minimum absolute atomic E-state index is 0.00678. The molecule has 2 unspecified atom stereocenters. The van der Waals surface area contributed by atoms with Gasteiger partial charge in [-0.1, -0.05) is 20.8 Å². The molecular weight excluding hydrogens is 310 g/mol. The Kier molecular flexibility index (Phi) is 7.02. The Morgan fingerprint density at radius 1 is 1.43 bits per heavy atom. The summed E-state index contributed by atoms with van der Waals surface area (Å²) in [4.78, 5) is 19.8. The molecule has 2 N–H and O–H groups in total. The molecule has 6 heteroatoms. The normalized spacial score (nSPS) is 14.4. The van der Waals surface area contributed by atoms with E-state index in [4.69, 9.17) is 0 Å². The molecule has 1 aromatic rings. The zero-order chi connectivity index (χ0) is 17.8. The van der Waals surface area contributed by atoms with Crippen LogP contribution in [-0.2, 0) is 6.42 Å². The van der Waals surface area contributed by atoms with Crippen LogP contribution in [0, 0.1) is 12.3 Å². The molecule has 1 rings (SSSR count). The molecule has 5 nitrogen and oxygen atoms in total. The molecular formula is C17H31N3O2S. The van der Waals surface area contributed by atoms with Crippen LogP contribution >= 0.6 is 11.3 Å². The van der Waals surface area contributed by atoms with Crippen molar-refractivity contribution in [2.45, 2.75) is 66.5 Å². The molecule has 0 saturated carbocycles. The van der Waals surface area contributed by atoms with E-state index in [2.05, 4.69) is 17.2 Å². The molecule has 132 valence electrons. The van der Waals surface area contributed by atoms with E-state index < -0.39 is 0 Å². The zero-order valence-electron chi connectivity index (χ0n) is 15.4.